The van der Waals surface area contributed by atoms with Gasteiger partial charge in [-0.25, -0.2) is 0 Å². The van der Waals surface area contributed by atoms with E-state index in [2.05, 4.69) is 37.4 Å². The van der Waals surface area contributed by atoms with E-state index in [4.69, 9.17) is 9.26 Å². The highest BCUT2D eigenvalue weighted by atomic mass is 19.4. The topological polar surface area (TPSA) is 111 Å². The van der Waals surface area contributed by atoms with Crippen LogP contribution < -0.4 is 5.32 Å². The van der Waals surface area contributed by atoms with Crippen LogP contribution in [0, 0.1) is 12.3 Å². The number of aryl methyl sites for hydroxylation is 2. The maximum absolute atomic E-state index is 12.6. The number of ether oxygens (including phenoxy) is 1. The molecule has 2 saturated heterocycles. The van der Waals surface area contributed by atoms with Crippen molar-refractivity contribution >= 4 is 5.91 Å². The minimum atomic E-state index is -4.28. The van der Waals surface area contributed by atoms with Gasteiger partial charge in [-0.1, -0.05) is 24.2 Å². The largest absolute Gasteiger partial charge is 0.417 e. The number of rotatable bonds is 7. The molecule has 4 aromatic rings. The lowest BCUT2D eigenvalue weighted by atomic mass is 9.78. The number of amides is 1. The summed E-state index contributed by atoms with van der Waals surface area (Å²) >= 11 is 0. The van der Waals surface area contributed by atoms with Crippen LogP contribution in [-0.2, 0) is 24.4 Å². The Morgan fingerprint density at radius 2 is 1.93 bits per heavy atom. The molecule has 42 heavy (non-hydrogen) atoms. The van der Waals surface area contributed by atoms with Gasteiger partial charge in [-0.15, -0.1) is 0 Å². The highest BCUT2D eigenvalue weighted by Crippen LogP contribution is 2.37. The van der Waals surface area contributed by atoms with Gasteiger partial charge in [0.05, 0.1) is 36.2 Å². The van der Waals surface area contributed by atoms with Crippen LogP contribution in [0.25, 0.3) is 22.8 Å². The van der Waals surface area contributed by atoms with E-state index >= 15 is 0 Å². The molecule has 2 aliphatic rings. The van der Waals surface area contributed by atoms with Crippen molar-refractivity contribution in [1.29, 1.82) is 0 Å². The molecule has 3 aromatic heterocycles. The third kappa shape index (κ3) is 6.52. The maximum Gasteiger partial charge on any atom is 0.417 e. The van der Waals surface area contributed by atoms with Crippen LogP contribution in [0.1, 0.15) is 34.2 Å². The molecule has 2 fully saturated rings. The van der Waals surface area contributed by atoms with Crippen molar-refractivity contribution in [2.24, 2.45) is 12.5 Å². The summed E-state index contributed by atoms with van der Waals surface area (Å²) in [4.78, 5) is 23.0. The summed E-state index contributed by atoms with van der Waals surface area (Å²) in [5.41, 5.74) is 3.45. The Morgan fingerprint density at radius 3 is 2.57 bits per heavy atom. The Labute approximate surface area is 240 Å². The number of nitrogens with zero attached hydrogens (tertiary/aromatic N) is 6. The minimum Gasteiger partial charge on any atom is -0.380 e. The summed E-state index contributed by atoms with van der Waals surface area (Å²) < 4.78 is 48.2. The van der Waals surface area contributed by atoms with Crippen molar-refractivity contribution in [2.45, 2.75) is 26.4 Å². The molecule has 0 aliphatic carbocycles. The Bertz CT molecular complexity index is 1520. The molecule has 0 radical (unpaired) electrons. The Morgan fingerprint density at radius 1 is 1.14 bits per heavy atom. The first-order valence-electron chi connectivity index (χ1n) is 13.6. The molecule has 1 spiro atoms. The smallest absolute Gasteiger partial charge is 0.380 e. The first-order chi connectivity index (χ1) is 20.1. The summed E-state index contributed by atoms with van der Waals surface area (Å²) in [7, 11) is 1.89. The van der Waals surface area contributed by atoms with Crippen LogP contribution in [0.15, 0.2) is 53.3 Å². The molecule has 222 valence electrons. The van der Waals surface area contributed by atoms with Gasteiger partial charge >= 0.3 is 6.18 Å². The molecule has 10 nitrogen and oxygen atoms in total. The van der Waals surface area contributed by atoms with E-state index in [1.54, 1.807) is 25.3 Å². The van der Waals surface area contributed by atoms with Gasteiger partial charge in [0.2, 0.25) is 5.82 Å². The molecule has 6 rings (SSSR count). The molecule has 13 heteroatoms. The van der Waals surface area contributed by atoms with Crippen LogP contribution in [0.2, 0.25) is 0 Å². The van der Waals surface area contributed by atoms with Crippen molar-refractivity contribution in [3.63, 3.8) is 0 Å². The number of aromatic nitrogens is 5. The first kappa shape index (κ1) is 29.4. The van der Waals surface area contributed by atoms with Gasteiger partial charge < -0.3 is 19.5 Å². The second-order valence-corrected chi connectivity index (χ2v) is 10.6. The van der Waals surface area contributed by atoms with E-state index in [0.717, 1.165) is 68.4 Å². The minimum absolute atomic E-state index is 0.103. The number of benzene rings is 1. The number of carbonyl (C=O) groups is 1. The van der Waals surface area contributed by atoms with Gasteiger partial charge in [0, 0.05) is 61.7 Å². The lowest BCUT2D eigenvalue weighted by Crippen LogP contribution is -2.66. The standard InChI is InChI=1S/C22H26N6O3.C7H6F3N/c1-3-18-17(10-24-27(18)2)21-25-19(26-31-21)15-5-4-6-16(9-15)20(29)23-7-8-28-11-22(12-28)13-30-14-22;1-5-2-3-6(4-11-5)7(8,9)10/h4-6,9-10H,3,7-8,11-14H2,1-2H3,(H,23,29);2-4H,1H3. The number of likely N-dealkylation sites (tertiary alicyclic amines) is 1. The second-order valence-electron chi connectivity index (χ2n) is 10.6. The summed E-state index contributed by atoms with van der Waals surface area (Å²) in [6.07, 6.45) is -0.903. The fraction of sp³-hybridized carbons (Fsp3) is 0.414. The monoisotopic (exact) mass is 583 g/mol. The Kier molecular flexibility index (Phi) is 8.41. The first-order valence-corrected chi connectivity index (χ1v) is 13.6. The third-order valence-corrected chi connectivity index (χ3v) is 7.32. The summed E-state index contributed by atoms with van der Waals surface area (Å²) in [6, 6.07) is 9.64. The summed E-state index contributed by atoms with van der Waals surface area (Å²) in [5.74, 6) is 0.774. The van der Waals surface area contributed by atoms with Crippen molar-refractivity contribution in [2.75, 3.05) is 39.4 Å². The van der Waals surface area contributed by atoms with Crippen molar-refractivity contribution in [1.82, 2.24) is 35.1 Å². The average molecular weight is 584 g/mol. The van der Waals surface area contributed by atoms with Crippen molar-refractivity contribution < 1.29 is 27.2 Å². The molecule has 0 saturated carbocycles. The van der Waals surface area contributed by atoms with Crippen molar-refractivity contribution in [3.8, 4) is 22.8 Å². The number of halogens is 3. The third-order valence-electron chi connectivity index (χ3n) is 7.32. The van der Waals surface area contributed by atoms with E-state index in [1.807, 2.05) is 23.9 Å². The fourth-order valence-corrected chi connectivity index (χ4v) is 5.01. The lowest BCUT2D eigenvalue weighted by Gasteiger charge is -2.55. The van der Waals surface area contributed by atoms with E-state index in [1.165, 1.54) is 6.07 Å². The number of hydrogen-bond donors (Lipinski definition) is 1. The predicted molar refractivity (Wildman–Crippen MR) is 147 cm³/mol. The Balaban J connectivity index is 0.000000271. The molecular weight excluding hydrogens is 551 g/mol. The molecule has 1 aromatic carbocycles. The van der Waals surface area contributed by atoms with Gasteiger partial charge in [0.1, 0.15) is 0 Å². The SMILES string of the molecule is CCc1c(-c2nc(-c3cccc(C(=O)NCCN4CC5(COC5)C4)c3)no2)cnn1C.Cc1ccc(C(F)(F)F)cn1. The maximum atomic E-state index is 12.6. The number of carbonyl (C=O) groups excluding carboxylic acids is 1. The van der Waals surface area contributed by atoms with Crippen LogP contribution in [0.5, 0.6) is 0 Å². The predicted octanol–water partition coefficient (Wildman–Crippen LogP) is 4.17. The molecule has 1 N–H and O–H groups in total. The normalized spacial score (nSPS) is 15.9. The van der Waals surface area contributed by atoms with Crippen LogP contribution in [0.4, 0.5) is 13.2 Å². The number of pyridine rings is 1. The van der Waals surface area contributed by atoms with Gasteiger partial charge in [0.15, 0.2) is 0 Å². The van der Waals surface area contributed by atoms with E-state index < -0.39 is 11.7 Å². The zero-order valence-electron chi connectivity index (χ0n) is 23.6. The van der Waals surface area contributed by atoms with E-state index in [9.17, 15) is 18.0 Å². The van der Waals surface area contributed by atoms with E-state index in [-0.39, 0.29) is 5.91 Å². The van der Waals surface area contributed by atoms with E-state index in [0.29, 0.717) is 34.9 Å². The fourth-order valence-electron chi connectivity index (χ4n) is 5.01. The quantitative estimate of drug-likeness (QED) is 0.345. The zero-order valence-corrected chi connectivity index (χ0v) is 23.6. The summed E-state index contributed by atoms with van der Waals surface area (Å²) in [5, 5.41) is 11.4. The zero-order chi connectivity index (χ0) is 29.9. The highest BCUT2D eigenvalue weighted by Gasteiger charge is 2.48. The van der Waals surface area contributed by atoms with Gasteiger partial charge in [-0.2, -0.15) is 23.3 Å². The molecule has 5 heterocycles. The molecule has 0 bridgehead atoms. The molecule has 0 atom stereocenters. The Hall–Kier alpha value is -4.10. The van der Waals surface area contributed by atoms with Crippen LogP contribution in [0.3, 0.4) is 0 Å². The van der Waals surface area contributed by atoms with Gasteiger partial charge in [0.25, 0.3) is 11.8 Å². The molecular formula is C29H32F3N7O3. The molecule has 0 unspecified atom stereocenters. The summed E-state index contributed by atoms with van der Waals surface area (Å²) in [6.45, 7) is 9.05. The molecule has 2 aliphatic heterocycles. The van der Waals surface area contributed by atoms with Crippen LogP contribution in [-0.4, -0.2) is 75.1 Å². The van der Waals surface area contributed by atoms with Crippen molar-refractivity contribution in [3.05, 3.63) is 71.3 Å². The number of alkyl halides is 3. The van der Waals surface area contributed by atoms with Gasteiger partial charge in [-0.3, -0.25) is 14.5 Å². The number of nitrogens with one attached hydrogen (secondary N) is 1. The van der Waals surface area contributed by atoms with Crippen LogP contribution >= 0.6 is 0 Å². The lowest BCUT2D eigenvalue weighted by molar-refractivity contribution is -0.188. The van der Waals surface area contributed by atoms with Gasteiger partial charge in [-0.05, 0) is 37.6 Å². The number of hydrogen-bond acceptors (Lipinski definition) is 8. The molecule has 1 amide bonds. The highest BCUT2D eigenvalue weighted by molar-refractivity contribution is 5.95. The second kappa shape index (κ2) is 12.0. The average Bonchev–Trinajstić information content (AvgIpc) is 3.55.